The lowest BCUT2D eigenvalue weighted by molar-refractivity contribution is -0.148. The molecule has 1 saturated heterocycles. The summed E-state index contributed by atoms with van der Waals surface area (Å²) >= 11 is 5.77. The van der Waals surface area contributed by atoms with E-state index in [1.807, 2.05) is 0 Å². The first-order valence-corrected chi connectivity index (χ1v) is 6.30. The van der Waals surface area contributed by atoms with Gasteiger partial charge in [0.15, 0.2) is 0 Å². The van der Waals surface area contributed by atoms with E-state index in [1.54, 1.807) is 24.3 Å². The molecule has 1 aromatic rings. The van der Waals surface area contributed by atoms with Crippen molar-refractivity contribution in [2.75, 3.05) is 6.54 Å². The lowest BCUT2D eigenvalue weighted by atomic mass is 10.1. The molecule has 2 rings (SSSR count). The van der Waals surface area contributed by atoms with E-state index >= 15 is 0 Å². The summed E-state index contributed by atoms with van der Waals surface area (Å²) in [6, 6.07) is 5.86. The number of carboxylic acids is 1. The SMILES string of the molecule is O=C(O)[C@H](Cc1ccc(Cl)cc1)N1CC(O)CC1=O. The van der Waals surface area contributed by atoms with Crippen LogP contribution in [0, 0.1) is 0 Å². The zero-order chi connectivity index (χ0) is 14.0. The van der Waals surface area contributed by atoms with Crippen LogP contribution in [-0.4, -0.2) is 45.7 Å². The topological polar surface area (TPSA) is 77.8 Å². The quantitative estimate of drug-likeness (QED) is 0.862. The molecule has 1 aromatic carbocycles. The highest BCUT2D eigenvalue weighted by Gasteiger charge is 2.36. The molecule has 19 heavy (non-hydrogen) atoms. The lowest BCUT2D eigenvalue weighted by Gasteiger charge is -2.24. The summed E-state index contributed by atoms with van der Waals surface area (Å²) in [5.41, 5.74) is 0.783. The van der Waals surface area contributed by atoms with Gasteiger partial charge in [-0.05, 0) is 17.7 Å². The standard InChI is InChI=1S/C13H14ClNO4/c14-9-3-1-8(2-4-9)5-11(13(18)19)15-7-10(16)6-12(15)17/h1-4,10-11,16H,5-7H2,(H,18,19)/t10?,11-/m0/s1. The van der Waals surface area contributed by atoms with E-state index in [0.717, 1.165) is 5.56 Å². The lowest BCUT2D eigenvalue weighted by Crippen LogP contribution is -2.44. The van der Waals surface area contributed by atoms with Crippen LogP contribution in [0.2, 0.25) is 5.02 Å². The molecule has 1 aliphatic heterocycles. The first-order valence-electron chi connectivity index (χ1n) is 5.92. The Hall–Kier alpha value is -1.59. The van der Waals surface area contributed by atoms with Crippen molar-refractivity contribution in [3.8, 4) is 0 Å². The predicted molar refractivity (Wildman–Crippen MR) is 68.9 cm³/mol. The van der Waals surface area contributed by atoms with Crippen molar-refractivity contribution in [1.82, 2.24) is 4.90 Å². The molecule has 2 atom stereocenters. The molecule has 0 bridgehead atoms. The van der Waals surface area contributed by atoms with E-state index in [4.69, 9.17) is 11.6 Å². The summed E-state index contributed by atoms with van der Waals surface area (Å²) in [4.78, 5) is 24.2. The summed E-state index contributed by atoms with van der Waals surface area (Å²) in [6.45, 7) is 0.0728. The molecular weight excluding hydrogens is 270 g/mol. The second kappa shape index (κ2) is 5.59. The minimum Gasteiger partial charge on any atom is -0.480 e. The number of hydrogen-bond donors (Lipinski definition) is 2. The summed E-state index contributed by atoms with van der Waals surface area (Å²) in [5, 5.41) is 19.3. The number of carbonyl (C=O) groups is 2. The highest BCUT2D eigenvalue weighted by Crippen LogP contribution is 2.19. The molecule has 5 nitrogen and oxygen atoms in total. The summed E-state index contributed by atoms with van der Waals surface area (Å²) in [6.07, 6.45) is -0.588. The molecule has 1 heterocycles. The van der Waals surface area contributed by atoms with Gasteiger partial charge in [-0.15, -0.1) is 0 Å². The fraction of sp³-hybridized carbons (Fsp3) is 0.385. The molecule has 1 amide bonds. The van der Waals surface area contributed by atoms with Gasteiger partial charge >= 0.3 is 5.97 Å². The van der Waals surface area contributed by atoms with Crippen molar-refractivity contribution < 1.29 is 19.8 Å². The van der Waals surface area contributed by atoms with Gasteiger partial charge in [0.25, 0.3) is 0 Å². The first kappa shape index (κ1) is 13.8. The van der Waals surface area contributed by atoms with Crippen molar-refractivity contribution in [3.63, 3.8) is 0 Å². The van der Waals surface area contributed by atoms with Gasteiger partial charge in [0.2, 0.25) is 5.91 Å². The van der Waals surface area contributed by atoms with Gasteiger partial charge in [0.1, 0.15) is 6.04 Å². The van der Waals surface area contributed by atoms with Crippen LogP contribution in [0.1, 0.15) is 12.0 Å². The zero-order valence-electron chi connectivity index (χ0n) is 10.1. The molecule has 6 heteroatoms. The number of carboxylic acid groups (broad SMARTS) is 1. The number of carbonyl (C=O) groups excluding carboxylic acids is 1. The van der Waals surface area contributed by atoms with Crippen LogP contribution in [-0.2, 0) is 16.0 Å². The van der Waals surface area contributed by atoms with Crippen molar-refractivity contribution in [2.45, 2.75) is 25.0 Å². The van der Waals surface area contributed by atoms with Gasteiger partial charge in [-0.3, -0.25) is 4.79 Å². The third-order valence-electron chi connectivity index (χ3n) is 3.14. The predicted octanol–water partition coefficient (Wildman–Crippen LogP) is 0.929. The van der Waals surface area contributed by atoms with E-state index in [9.17, 15) is 19.8 Å². The highest BCUT2D eigenvalue weighted by molar-refractivity contribution is 6.30. The minimum absolute atomic E-state index is 0.00953. The van der Waals surface area contributed by atoms with Crippen LogP contribution in [0.15, 0.2) is 24.3 Å². The Labute approximate surface area is 115 Å². The molecule has 2 N–H and O–H groups in total. The normalized spacial score (nSPS) is 20.6. The minimum atomic E-state index is -1.07. The molecule has 0 radical (unpaired) electrons. The Morgan fingerprint density at radius 2 is 2.05 bits per heavy atom. The van der Waals surface area contributed by atoms with Gasteiger partial charge < -0.3 is 15.1 Å². The van der Waals surface area contributed by atoms with E-state index < -0.39 is 18.1 Å². The number of benzene rings is 1. The van der Waals surface area contributed by atoms with Crippen molar-refractivity contribution in [2.24, 2.45) is 0 Å². The average molecular weight is 284 g/mol. The average Bonchev–Trinajstić information content (AvgIpc) is 2.67. The van der Waals surface area contributed by atoms with Crippen molar-refractivity contribution in [1.29, 1.82) is 0 Å². The second-order valence-corrected chi connectivity index (χ2v) is 5.03. The molecular formula is C13H14ClNO4. The monoisotopic (exact) mass is 283 g/mol. The van der Waals surface area contributed by atoms with Crippen LogP contribution >= 0.6 is 11.6 Å². The summed E-state index contributed by atoms with van der Waals surface area (Å²) in [7, 11) is 0. The molecule has 1 fully saturated rings. The first-order chi connectivity index (χ1) is 8.97. The fourth-order valence-corrected chi connectivity index (χ4v) is 2.31. The smallest absolute Gasteiger partial charge is 0.326 e. The van der Waals surface area contributed by atoms with Crippen molar-refractivity contribution in [3.05, 3.63) is 34.9 Å². The number of aliphatic hydroxyl groups excluding tert-OH is 1. The maximum absolute atomic E-state index is 11.7. The van der Waals surface area contributed by atoms with Gasteiger partial charge in [-0.2, -0.15) is 0 Å². The molecule has 1 aliphatic rings. The number of amides is 1. The summed E-state index contributed by atoms with van der Waals surface area (Å²) < 4.78 is 0. The Morgan fingerprint density at radius 3 is 2.53 bits per heavy atom. The highest BCUT2D eigenvalue weighted by atomic mass is 35.5. The van der Waals surface area contributed by atoms with Crippen LogP contribution < -0.4 is 0 Å². The zero-order valence-corrected chi connectivity index (χ0v) is 10.9. The second-order valence-electron chi connectivity index (χ2n) is 4.59. The van der Waals surface area contributed by atoms with Gasteiger partial charge in [-0.25, -0.2) is 4.79 Å². The van der Waals surface area contributed by atoms with Crippen LogP contribution in [0.4, 0.5) is 0 Å². The Kier molecular flexibility index (Phi) is 4.07. The number of halogens is 1. The van der Waals surface area contributed by atoms with Gasteiger partial charge in [0, 0.05) is 18.0 Å². The number of rotatable bonds is 4. The van der Waals surface area contributed by atoms with Crippen LogP contribution in [0.25, 0.3) is 0 Å². The fourth-order valence-electron chi connectivity index (χ4n) is 2.19. The van der Waals surface area contributed by atoms with E-state index in [2.05, 4.69) is 0 Å². The summed E-state index contributed by atoms with van der Waals surface area (Å²) in [5.74, 6) is -1.40. The number of aliphatic hydroxyl groups is 1. The number of β-amino-alcohol motifs (C(OH)–C–C–N with tert-alkyl or cyclic N) is 1. The molecule has 0 aromatic heterocycles. The molecule has 102 valence electrons. The van der Waals surface area contributed by atoms with E-state index in [0.29, 0.717) is 5.02 Å². The van der Waals surface area contributed by atoms with E-state index in [-0.39, 0.29) is 25.3 Å². The Morgan fingerprint density at radius 1 is 1.42 bits per heavy atom. The third kappa shape index (κ3) is 3.24. The Balaban J connectivity index is 2.15. The number of aliphatic carboxylic acids is 1. The largest absolute Gasteiger partial charge is 0.480 e. The number of nitrogens with zero attached hydrogens (tertiary/aromatic N) is 1. The number of hydrogen-bond acceptors (Lipinski definition) is 3. The van der Waals surface area contributed by atoms with Gasteiger partial charge in [-0.1, -0.05) is 23.7 Å². The van der Waals surface area contributed by atoms with Crippen LogP contribution in [0.3, 0.4) is 0 Å². The van der Waals surface area contributed by atoms with Crippen LogP contribution in [0.5, 0.6) is 0 Å². The number of likely N-dealkylation sites (tertiary alicyclic amines) is 1. The molecule has 0 saturated carbocycles. The maximum atomic E-state index is 11.7. The molecule has 1 unspecified atom stereocenters. The molecule has 0 spiro atoms. The third-order valence-corrected chi connectivity index (χ3v) is 3.39. The molecule has 0 aliphatic carbocycles. The van der Waals surface area contributed by atoms with Gasteiger partial charge in [0.05, 0.1) is 12.5 Å². The van der Waals surface area contributed by atoms with E-state index in [1.165, 1.54) is 4.90 Å². The van der Waals surface area contributed by atoms with Crippen molar-refractivity contribution >= 4 is 23.5 Å². The Bertz CT molecular complexity index is 488. The maximum Gasteiger partial charge on any atom is 0.326 e.